The zero-order chi connectivity index (χ0) is 19.8. The number of nitrogens with zero attached hydrogens (tertiary/aromatic N) is 2. The number of hydrogen-bond acceptors (Lipinski definition) is 2. The van der Waals surface area contributed by atoms with Crippen molar-refractivity contribution in [2.75, 3.05) is 5.32 Å². The molecule has 1 aromatic carbocycles. The lowest BCUT2D eigenvalue weighted by Crippen LogP contribution is -2.20. The van der Waals surface area contributed by atoms with E-state index >= 15 is 0 Å². The summed E-state index contributed by atoms with van der Waals surface area (Å²) in [5.74, 6) is -1.44. The number of carbonyl (C=O) groups excluding carboxylic acids is 1. The Labute approximate surface area is 161 Å². The first-order chi connectivity index (χ1) is 12.6. The predicted octanol–water partition coefficient (Wildman–Crippen LogP) is 5.39. The molecule has 0 spiro atoms. The van der Waals surface area contributed by atoms with Gasteiger partial charge < -0.3 is 9.88 Å². The minimum absolute atomic E-state index is 0.0942. The lowest BCUT2D eigenvalue weighted by Gasteiger charge is -2.17. The highest BCUT2D eigenvalue weighted by Crippen LogP contribution is 2.24. The van der Waals surface area contributed by atoms with Crippen molar-refractivity contribution >= 4 is 34.4 Å². The van der Waals surface area contributed by atoms with Gasteiger partial charge in [-0.2, -0.15) is 0 Å². The second-order valence-corrected chi connectivity index (χ2v) is 8.17. The van der Waals surface area contributed by atoms with Crippen molar-refractivity contribution in [3.8, 4) is 0 Å². The van der Waals surface area contributed by atoms with Gasteiger partial charge in [-0.1, -0.05) is 32.4 Å². The third-order valence-corrected chi connectivity index (χ3v) is 4.15. The molecule has 4 nitrogen and oxygen atoms in total. The number of nitrogens with one attached hydrogen (secondary N) is 1. The first-order valence-corrected chi connectivity index (χ1v) is 8.89. The number of aromatic nitrogens is 2. The zero-order valence-electron chi connectivity index (χ0n) is 15.3. The number of fused-ring (bicyclic) bond motifs is 1. The molecule has 1 N–H and O–H groups in total. The Morgan fingerprint density at radius 3 is 2.63 bits per heavy atom. The number of rotatable bonds is 4. The third kappa shape index (κ3) is 4.83. The summed E-state index contributed by atoms with van der Waals surface area (Å²) in [5.41, 5.74) is 1.52. The standard InChI is InChI=1S/C20H20ClF2N3O/c1-20(2,3)10-18(27)25-19-15(23)9-17-16(24-19)4-5-26(17)11-12-6-13(21)8-14(22)7-12/h4-9H,10-11H2,1-3H3,(H,24,25,27). The number of anilines is 1. The number of benzene rings is 1. The Kier molecular flexibility index (Phi) is 5.20. The molecule has 0 atom stereocenters. The minimum Gasteiger partial charge on any atom is -0.342 e. The molecule has 2 heterocycles. The Morgan fingerprint density at radius 2 is 1.96 bits per heavy atom. The second kappa shape index (κ2) is 7.27. The largest absolute Gasteiger partial charge is 0.342 e. The van der Waals surface area contributed by atoms with Crippen molar-refractivity contribution in [2.45, 2.75) is 33.7 Å². The van der Waals surface area contributed by atoms with E-state index in [-0.39, 0.29) is 23.6 Å². The Balaban J connectivity index is 1.87. The third-order valence-electron chi connectivity index (χ3n) is 3.93. The molecule has 27 heavy (non-hydrogen) atoms. The van der Waals surface area contributed by atoms with Crippen LogP contribution in [0, 0.1) is 17.0 Å². The lowest BCUT2D eigenvalue weighted by atomic mass is 9.92. The molecule has 0 saturated heterocycles. The molecule has 0 saturated carbocycles. The van der Waals surface area contributed by atoms with E-state index in [1.54, 1.807) is 22.9 Å². The highest BCUT2D eigenvalue weighted by Gasteiger charge is 2.18. The van der Waals surface area contributed by atoms with E-state index in [9.17, 15) is 13.6 Å². The summed E-state index contributed by atoms with van der Waals surface area (Å²) in [5, 5.41) is 2.83. The summed E-state index contributed by atoms with van der Waals surface area (Å²) < 4.78 is 29.7. The number of pyridine rings is 1. The molecule has 2 aromatic heterocycles. The van der Waals surface area contributed by atoms with Crippen molar-refractivity contribution in [1.29, 1.82) is 0 Å². The summed E-state index contributed by atoms with van der Waals surface area (Å²) >= 11 is 5.89. The van der Waals surface area contributed by atoms with Crippen molar-refractivity contribution in [2.24, 2.45) is 5.41 Å². The van der Waals surface area contributed by atoms with Gasteiger partial charge in [0.15, 0.2) is 11.6 Å². The zero-order valence-corrected chi connectivity index (χ0v) is 16.1. The van der Waals surface area contributed by atoms with Gasteiger partial charge in [0.05, 0.1) is 11.0 Å². The normalized spacial score (nSPS) is 11.8. The van der Waals surface area contributed by atoms with Crippen LogP contribution < -0.4 is 5.32 Å². The van der Waals surface area contributed by atoms with E-state index in [0.29, 0.717) is 28.2 Å². The molecule has 142 valence electrons. The van der Waals surface area contributed by atoms with Gasteiger partial charge in [0.2, 0.25) is 5.91 Å². The van der Waals surface area contributed by atoms with Gasteiger partial charge >= 0.3 is 0 Å². The summed E-state index contributed by atoms with van der Waals surface area (Å²) in [6, 6.07) is 7.29. The molecular formula is C20H20ClF2N3O. The van der Waals surface area contributed by atoms with Gasteiger partial charge in [0.25, 0.3) is 0 Å². The van der Waals surface area contributed by atoms with Crippen molar-refractivity contribution < 1.29 is 13.6 Å². The smallest absolute Gasteiger partial charge is 0.226 e. The van der Waals surface area contributed by atoms with Crippen LogP contribution in [0.15, 0.2) is 36.5 Å². The molecule has 1 amide bonds. The average Bonchev–Trinajstić information content (AvgIpc) is 2.86. The fourth-order valence-corrected chi connectivity index (χ4v) is 3.11. The van der Waals surface area contributed by atoms with Gasteiger partial charge in [-0.05, 0) is 35.2 Å². The molecule has 7 heteroatoms. The van der Waals surface area contributed by atoms with Crippen LogP contribution in [0.4, 0.5) is 14.6 Å². The number of carbonyl (C=O) groups is 1. The van der Waals surface area contributed by atoms with E-state index in [2.05, 4.69) is 10.3 Å². The number of halogens is 3. The molecule has 0 bridgehead atoms. The van der Waals surface area contributed by atoms with Crippen LogP contribution in [-0.4, -0.2) is 15.5 Å². The van der Waals surface area contributed by atoms with Crippen molar-refractivity contribution in [1.82, 2.24) is 9.55 Å². The molecule has 3 rings (SSSR count). The van der Waals surface area contributed by atoms with Gasteiger partial charge in [-0.15, -0.1) is 0 Å². The second-order valence-electron chi connectivity index (χ2n) is 7.73. The molecular weight excluding hydrogens is 372 g/mol. The maximum atomic E-state index is 14.5. The molecule has 3 aromatic rings. The van der Waals surface area contributed by atoms with E-state index in [4.69, 9.17) is 11.6 Å². The van der Waals surface area contributed by atoms with Gasteiger partial charge in [0.1, 0.15) is 5.82 Å². The highest BCUT2D eigenvalue weighted by molar-refractivity contribution is 6.30. The quantitative estimate of drug-likeness (QED) is 0.648. The molecule has 0 aliphatic carbocycles. The van der Waals surface area contributed by atoms with E-state index in [0.717, 1.165) is 0 Å². The Bertz CT molecular complexity index is 988. The molecule has 0 unspecified atom stereocenters. The summed E-state index contributed by atoms with van der Waals surface area (Å²) in [6.45, 7) is 6.10. The minimum atomic E-state index is -0.623. The van der Waals surface area contributed by atoms with E-state index < -0.39 is 11.6 Å². The van der Waals surface area contributed by atoms with Crippen LogP contribution in [0.2, 0.25) is 5.02 Å². The first-order valence-electron chi connectivity index (χ1n) is 8.51. The Morgan fingerprint density at radius 1 is 1.22 bits per heavy atom. The highest BCUT2D eigenvalue weighted by atomic mass is 35.5. The average molecular weight is 392 g/mol. The SMILES string of the molecule is CC(C)(C)CC(=O)Nc1nc2ccn(Cc3cc(F)cc(Cl)c3)c2cc1F. The fraction of sp³-hybridized carbons (Fsp3) is 0.300. The number of hydrogen-bond donors (Lipinski definition) is 1. The van der Waals surface area contributed by atoms with Crippen LogP contribution >= 0.6 is 11.6 Å². The van der Waals surface area contributed by atoms with E-state index in [1.165, 1.54) is 18.2 Å². The maximum Gasteiger partial charge on any atom is 0.226 e. The van der Waals surface area contributed by atoms with Gasteiger partial charge in [-0.3, -0.25) is 4.79 Å². The molecule has 0 aliphatic heterocycles. The fourth-order valence-electron chi connectivity index (χ4n) is 2.87. The molecule has 0 aliphatic rings. The monoisotopic (exact) mass is 391 g/mol. The van der Waals surface area contributed by atoms with Crippen LogP contribution in [0.1, 0.15) is 32.8 Å². The van der Waals surface area contributed by atoms with Crippen LogP contribution in [0.5, 0.6) is 0 Å². The molecule has 0 radical (unpaired) electrons. The first kappa shape index (κ1) is 19.3. The summed E-state index contributed by atoms with van der Waals surface area (Å²) in [4.78, 5) is 16.3. The van der Waals surface area contributed by atoms with Gasteiger partial charge in [0, 0.05) is 30.3 Å². The van der Waals surface area contributed by atoms with Crippen molar-refractivity contribution in [3.05, 3.63) is 58.7 Å². The molecule has 0 fully saturated rings. The Hall–Kier alpha value is -2.47. The summed E-state index contributed by atoms with van der Waals surface area (Å²) in [7, 11) is 0. The predicted molar refractivity (Wildman–Crippen MR) is 103 cm³/mol. The number of amides is 1. The van der Waals surface area contributed by atoms with Gasteiger partial charge in [-0.25, -0.2) is 13.8 Å². The van der Waals surface area contributed by atoms with Crippen LogP contribution in [0.25, 0.3) is 11.0 Å². The van der Waals surface area contributed by atoms with Crippen LogP contribution in [0.3, 0.4) is 0 Å². The topological polar surface area (TPSA) is 46.9 Å². The lowest BCUT2D eigenvalue weighted by molar-refractivity contribution is -0.117. The maximum absolute atomic E-state index is 14.5. The van der Waals surface area contributed by atoms with Crippen molar-refractivity contribution in [3.63, 3.8) is 0 Å². The van der Waals surface area contributed by atoms with Crippen LogP contribution in [-0.2, 0) is 11.3 Å². The van der Waals surface area contributed by atoms with E-state index in [1.807, 2.05) is 20.8 Å². The summed E-state index contributed by atoms with van der Waals surface area (Å²) in [6.07, 6.45) is 1.99.